The molecule has 0 atom stereocenters. The van der Waals surface area contributed by atoms with Crippen molar-refractivity contribution in [1.29, 1.82) is 0 Å². The molecule has 2 amide bonds. The molecule has 0 aliphatic carbocycles. The summed E-state index contributed by atoms with van der Waals surface area (Å²) in [5, 5.41) is 14.3. The summed E-state index contributed by atoms with van der Waals surface area (Å²) in [5.74, 6) is -0.472. The fourth-order valence-corrected chi connectivity index (χ4v) is 3.60. The molecule has 10 heteroatoms. The number of carbonyl (C=O) groups excluding carboxylic acids is 2. The smallest absolute Gasteiger partial charge is 0.252 e. The Morgan fingerprint density at radius 1 is 1.09 bits per heavy atom. The van der Waals surface area contributed by atoms with Crippen LogP contribution in [-0.4, -0.2) is 52.5 Å². The normalized spacial score (nSPS) is 11.0. The molecular weight excluding hydrogens is 442 g/mol. The number of primary amides is 1. The summed E-state index contributed by atoms with van der Waals surface area (Å²) in [4.78, 5) is 30.5. The maximum Gasteiger partial charge on any atom is 0.252 e. The van der Waals surface area contributed by atoms with Gasteiger partial charge in [-0.3, -0.25) is 14.7 Å². The maximum absolute atomic E-state index is 12.2. The first-order chi connectivity index (χ1) is 15.8. The minimum atomic E-state index is -0.609. The van der Waals surface area contributed by atoms with Gasteiger partial charge in [-0.1, -0.05) is 11.6 Å². The highest BCUT2D eigenvalue weighted by atomic mass is 35.5. The van der Waals surface area contributed by atoms with Crippen molar-refractivity contribution in [2.24, 2.45) is 5.73 Å². The minimum Gasteiger partial charge on any atom is -0.365 e. The number of nitrogens with zero attached hydrogens (tertiary/aromatic N) is 3. The van der Waals surface area contributed by atoms with Gasteiger partial charge in [0.05, 0.1) is 29.5 Å². The lowest BCUT2D eigenvalue weighted by molar-refractivity contribution is -0.116. The molecule has 0 radical (unpaired) electrons. The topological polar surface area (TPSA) is 129 Å². The van der Waals surface area contributed by atoms with Gasteiger partial charge in [0.1, 0.15) is 5.82 Å². The van der Waals surface area contributed by atoms with Gasteiger partial charge in [-0.25, -0.2) is 4.98 Å². The fourth-order valence-electron chi connectivity index (χ4n) is 3.36. The maximum atomic E-state index is 12.2. The first-order valence-corrected chi connectivity index (χ1v) is 10.4. The van der Waals surface area contributed by atoms with Gasteiger partial charge in [0.25, 0.3) is 5.91 Å². The van der Waals surface area contributed by atoms with Gasteiger partial charge < -0.3 is 21.3 Å². The molecule has 33 heavy (non-hydrogen) atoms. The number of hydrogen-bond donors (Lipinski definition) is 4. The zero-order valence-electron chi connectivity index (χ0n) is 18.0. The Balaban J connectivity index is 1.68. The van der Waals surface area contributed by atoms with Gasteiger partial charge >= 0.3 is 0 Å². The third-order valence-electron chi connectivity index (χ3n) is 4.80. The molecule has 2 aromatic carbocycles. The molecule has 168 valence electrons. The number of nitrogens with two attached hydrogens (primary N) is 1. The molecule has 4 rings (SSSR count). The van der Waals surface area contributed by atoms with E-state index in [4.69, 9.17) is 17.3 Å². The summed E-state index contributed by atoms with van der Waals surface area (Å²) in [6.45, 7) is 0.238. The van der Waals surface area contributed by atoms with Crippen LogP contribution in [0.3, 0.4) is 0 Å². The molecule has 0 unspecified atom stereocenters. The van der Waals surface area contributed by atoms with E-state index in [0.29, 0.717) is 33.5 Å². The number of anilines is 3. The van der Waals surface area contributed by atoms with Crippen molar-refractivity contribution in [2.45, 2.75) is 0 Å². The summed E-state index contributed by atoms with van der Waals surface area (Å²) in [6, 6.07) is 14.1. The lowest BCUT2D eigenvalue weighted by Crippen LogP contribution is -2.27. The van der Waals surface area contributed by atoms with Crippen LogP contribution in [0.1, 0.15) is 10.4 Å². The van der Waals surface area contributed by atoms with Gasteiger partial charge in [0.15, 0.2) is 0 Å². The number of aromatic nitrogens is 3. The second kappa shape index (κ2) is 9.27. The zero-order valence-corrected chi connectivity index (χ0v) is 18.8. The average molecular weight is 464 g/mol. The summed E-state index contributed by atoms with van der Waals surface area (Å²) in [7, 11) is 3.62. The van der Waals surface area contributed by atoms with Gasteiger partial charge in [-0.15, -0.1) is 0 Å². The van der Waals surface area contributed by atoms with Crippen LogP contribution in [0.5, 0.6) is 0 Å². The van der Waals surface area contributed by atoms with Crippen LogP contribution in [0.25, 0.3) is 22.2 Å². The van der Waals surface area contributed by atoms with E-state index in [1.807, 2.05) is 32.3 Å². The Labute approximate surface area is 194 Å². The number of aromatic amines is 1. The molecule has 0 spiro atoms. The highest BCUT2D eigenvalue weighted by molar-refractivity contribution is 6.31. The van der Waals surface area contributed by atoms with E-state index in [-0.39, 0.29) is 18.0 Å². The van der Waals surface area contributed by atoms with Crippen molar-refractivity contribution in [3.8, 4) is 11.3 Å². The largest absolute Gasteiger partial charge is 0.365 e. The minimum absolute atomic E-state index is 0.165. The number of hydrogen-bond acceptors (Lipinski definition) is 6. The molecule has 5 N–H and O–H groups in total. The van der Waals surface area contributed by atoms with Crippen LogP contribution in [0.15, 0.2) is 54.7 Å². The standard InChI is InChI=1S/C23H22ClN7O2/c1-31(2)12-21(32)27-17-8-14(7-15(24)9-17)19-6-5-18(22(25)33)23(29-19)28-16-4-3-13-11-26-30-20(13)10-16/h3-11H,12H2,1-2H3,(H2,25,33)(H,26,30)(H,27,32)(H,28,29). The second-order valence-electron chi connectivity index (χ2n) is 7.77. The number of carbonyl (C=O) groups is 2. The molecule has 0 aliphatic heterocycles. The van der Waals surface area contributed by atoms with Gasteiger partial charge in [0.2, 0.25) is 5.91 Å². The predicted octanol–water partition coefficient (Wildman–Crippen LogP) is 3.62. The number of halogens is 1. The SMILES string of the molecule is CN(C)CC(=O)Nc1cc(Cl)cc(-c2ccc(C(N)=O)c(Nc3ccc4cn[nH]c4c3)n2)c1. The van der Waals surface area contributed by atoms with Crippen LogP contribution < -0.4 is 16.4 Å². The van der Waals surface area contributed by atoms with Gasteiger partial charge in [0, 0.05) is 27.3 Å². The van der Waals surface area contributed by atoms with Crippen LogP contribution in [0.4, 0.5) is 17.2 Å². The molecule has 0 aliphatic rings. The third-order valence-corrected chi connectivity index (χ3v) is 5.02. The number of rotatable bonds is 7. The molecule has 0 saturated heterocycles. The van der Waals surface area contributed by atoms with Crippen molar-refractivity contribution in [3.05, 3.63) is 65.3 Å². The number of amides is 2. The van der Waals surface area contributed by atoms with Crippen molar-refractivity contribution >= 4 is 51.5 Å². The van der Waals surface area contributed by atoms with E-state index >= 15 is 0 Å². The molecule has 0 fully saturated rings. The first-order valence-electron chi connectivity index (χ1n) is 10.0. The number of H-pyrrole nitrogens is 1. The summed E-state index contributed by atoms with van der Waals surface area (Å²) < 4.78 is 0. The lowest BCUT2D eigenvalue weighted by Gasteiger charge is -2.13. The summed E-state index contributed by atoms with van der Waals surface area (Å²) in [5.41, 5.74) is 9.12. The van der Waals surface area contributed by atoms with E-state index in [1.165, 1.54) is 0 Å². The molecular formula is C23H22ClN7O2. The van der Waals surface area contributed by atoms with Crippen molar-refractivity contribution in [3.63, 3.8) is 0 Å². The first kappa shape index (κ1) is 22.3. The highest BCUT2D eigenvalue weighted by Crippen LogP contribution is 2.29. The van der Waals surface area contributed by atoms with Crippen LogP contribution in [-0.2, 0) is 4.79 Å². The Morgan fingerprint density at radius 2 is 1.91 bits per heavy atom. The van der Waals surface area contributed by atoms with Crippen molar-refractivity contribution in [1.82, 2.24) is 20.1 Å². The molecule has 9 nitrogen and oxygen atoms in total. The quantitative estimate of drug-likeness (QED) is 0.331. The van der Waals surface area contributed by atoms with Crippen molar-refractivity contribution < 1.29 is 9.59 Å². The average Bonchev–Trinajstić information content (AvgIpc) is 3.20. The number of likely N-dealkylation sites (N-methyl/N-ethyl adjacent to an activating group) is 1. The number of benzene rings is 2. The van der Waals surface area contributed by atoms with E-state index in [0.717, 1.165) is 10.9 Å². The molecule has 2 heterocycles. The Bertz CT molecular complexity index is 1350. The Hall–Kier alpha value is -3.95. The van der Waals surface area contributed by atoms with Crippen LogP contribution >= 0.6 is 11.6 Å². The second-order valence-corrected chi connectivity index (χ2v) is 8.20. The van der Waals surface area contributed by atoms with E-state index < -0.39 is 5.91 Å². The Kier molecular flexibility index (Phi) is 6.25. The molecule has 4 aromatic rings. The molecule has 0 saturated carbocycles. The predicted molar refractivity (Wildman–Crippen MR) is 130 cm³/mol. The Morgan fingerprint density at radius 3 is 2.67 bits per heavy atom. The van der Waals surface area contributed by atoms with Gasteiger partial charge in [-0.2, -0.15) is 5.10 Å². The zero-order chi connectivity index (χ0) is 23.5. The van der Waals surface area contributed by atoms with Crippen molar-refractivity contribution in [2.75, 3.05) is 31.3 Å². The van der Waals surface area contributed by atoms with E-state index in [9.17, 15) is 9.59 Å². The monoisotopic (exact) mass is 463 g/mol. The molecule has 0 bridgehead atoms. The number of pyridine rings is 1. The van der Waals surface area contributed by atoms with Gasteiger partial charge in [-0.05, 0) is 62.6 Å². The fraction of sp³-hybridized carbons (Fsp3) is 0.130. The summed E-state index contributed by atoms with van der Waals surface area (Å²) >= 11 is 6.30. The number of fused-ring (bicyclic) bond motifs is 1. The van der Waals surface area contributed by atoms with Crippen LogP contribution in [0, 0.1) is 0 Å². The molecule has 2 aromatic heterocycles. The highest BCUT2D eigenvalue weighted by Gasteiger charge is 2.14. The van der Waals surface area contributed by atoms with E-state index in [2.05, 4.69) is 25.8 Å². The lowest BCUT2D eigenvalue weighted by atomic mass is 10.1. The number of nitrogens with one attached hydrogen (secondary N) is 3. The van der Waals surface area contributed by atoms with E-state index in [1.54, 1.807) is 41.4 Å². The summed E-state index contributed by atoms with van der Waals surface area (Å²) in [6.07, 6.45) is 1.72. The van der Waals surface area contributed by atoms with Crippen LogP contribution in [0.2, 0.25) is 5.02 Å². The third kappa shape index (κ3) is 5.28.